The van der Waals surface area contributed by atoms with Gasteiger partial charge in [0, 0.05) is 18.0 Å². The van der Waals surface area contributed by atoms with Gasteiger partial charge in [-0.1, -0.05) is 17.7 Å². The third-order valence-corrected chi connectivity index (χ3v) is 3.19. The number of phenolic OH excluding ortho intramolecular Hbond substituents is 1. The number of hydrogen-bond acceptors (Lipinski definition) is 3. The van der Waals surface area contributed by atoms with Crippen LogP contribution in [0.3, 0.4) is 0 Å². The molecule has 1 aliphatic rings. The summed E-state index contributed by atoms with van der Waals surface area (Å²) in [4.78, 5) is 8.62. The Kier molecular flexibility index (Phi) is 2.88. The van der Waals surface area contributed by atoms with E-state index >= 15 is 0 Å². The molecular weight excluding hydrogens is 236 g/mol. The average Bonchev–Trinajstić information content (AvgIpc) is 2.92. The van der Waals surface area contributed by atoms with E-state index in [-0.39, 0.29) is 5.75 Å². The average molecular weight is 250 g/mol. The second-order valence-corrected chi connectivity index (χ2v) is 4.63. The van der Waals surface area contributed by atoms with Crippen molar-refractivity contribution in [2.45, 2.75) is 6.92 Å². The minimum atomic E-state index is 0.271. The van der Waals surface area contributed by atoms with Gasteiger partial charge < -0.3 is 5.11 Å². The molecule has 3 heteroatoms. The maximum atomic E-state index is 9.93. The van der Waals surface area contributed by atoms with Crippen LogP contribution in [0.1, 0.15) is 16.7 Å². The molecule has 0 fully saturated rings. The molecule has 0 unspecified atom stereocenters. The maximum Gasteiger partial charge on any atom is 0.124 e. The van der Waals surface area contributed by atoms with E-state index in [0.29, 0.717) is 6.54 Å². The number of rotatable bonds is 2. The van der Waals surface area contributed by atoms with Crippen LogP contribution < -0.4 is 0 Å². The van der Waals surface area contributed by atoms with Gasteiger partial charge in [-0.05, 0) is 42.3 Å². The van der Waals surface area contributed by atoms with Crippen LogP contribution in [0.4, 0.5) is 0 Å². The second-order valence-electron chi connectivity index (χ2n) is 4.63. The zero-order valence-electron chi connectivity index (χ0n) is 10.7. The molecule has 1 aliphatic heterocycles. The van der Waals surface area contributed by atoms with Gasteiger partial charge in [0.2, 0.25) is 0 Å². The van der Waals surface area contributed by atoms with Crippen LogP contribution in [-0.4, -0.2) is 22.3 Å². The molecule has 3 nitrogen and oxygen atoms in total. The Morgan fingerprint density at radius 2 is 2.11 bits per heavy atom. The van der Waals surface area contributed by atoms with Crippen LogP contribution in [-0.2, 0) is 0 Å². The quantitative estimate of drug-likeness (QED) is 0.890. The van der Waals surface area contributed by atoms with Crippen molar-refractivity contribution in [1.29, 1.82) is 0 Å². The summed E-state index contributed by atoms with van der Waals surface area (Å²) in [6, 6.07) is 9.49. The Morgan fingerprint density at radius 1 is 1.21 bits per heavy atom. The van der Waals surface area contributed by atoms with Crippen molar-refractivity contribution < 1.29 is 5.11 Å². The lowest BCUT2D eigenvalue weighted by atomic mass is 10.0. The molecule has 19 heavy (non-hydrogen) atoms. The molecule has 0 saturated carbocycles. The van der Waals surface area contributed by atoms with E-state index in [2.05, 4.69) is 9.98 Å². The van der Waals surface area contributed by atoms with Crippen molar-refractivity contribution in [3.8, 4) is 5.75 Å². The number of benzene rings is 1. The van der Waals surface area contributed by atoms with E-state index in [4.69, 9.17) is 0 Å². The van der Waals surface area contributed by atoms with Gasteiger partial charge in [0.1, 0.15) is 5.75 Å². The maximum absolute atomic E-state index is 9.93. The summed E-state index contributed by atoms with van der Waals surface area (Å²) < 4.78 is 0. The number of pyridine rings is 1. The molecule has 94 valence electrons. The number of aryl methyl sites for hydroxylation is 1. The molecule has 2 aromatic rings. The first-order chi connectivity index (χ1) is 9.24. The fraction of sp³-hybridized carbons (Fsp3) is 0.125. The standard InChI is InChI=1S/C16H14N2O/c1-11-4-5-16(19)14(7-11)15-8-13(10-18-15)12-3-2-6-17-9-12/h2-9,19H,10H2,1H3. The summed E-state index contributed by atoms with van der Waals surface area (Å²) in [5.41, 5.74) is 4.94. The van der Waals surface area contributed by atoms with Gasteiger partial charge in [0.15, 0.2) is 0 Å². The van der Waals surface area contributed by atoms with Crippen molar-refractivity contribution in [2.24, 2.45) is 4.99 Å². The van der Waals surface area contributed by atoms with Crippen LogP contribution >= 0.6 is 0 Å². The molecule has 0 saturated heterocycles. The lowest BCUT2D eigenvalue weighted by Crippen LogP contribution is -1.95. The molecule has 0 aliphatic carbocycles. The molecule has 1 aromatic carbocycles. The number of allylic oxidation sites excluding steroid dienone is 1. The van der Waals surface area contributed by atoms with Gasteiger partial charge in [-0.3, -0.25) is 9.98 Å². The summed E-state index contributed by atoms with van der Waals surface area (Å²) in [5.74, 6) is 0.271. The third-order valence-electron chi connectivity index (χ3n) is 3.19. The lowest BCUT2D eigenvalue weighted by molar-refractivity contribution is 0.474. The number of phenols is 1. The van der Waals surface area contributed by atoms with E-state index in [1.807, 2.05) is 43.5 Å². The molecule has 2 heterocycles. The lowest BCUT2D eigenvalue weighted by Gasteiger charge is -2.03. The molecule has 3 rings (SSSR count). The largest absolute Gasteiger partial charge is 0.507 e. The third kappa shape index (κ3) is 2.27. The minimum absolute atomic E-state index is 0.271. The molecule has 0 radical (unpaired) electrons. The van der Waals surface area contributed by atoms with Crippen molar-refractivity contribution in [3.05, 3.63) is 65.5 Å². The molecule has 1 N–H and O–H groups in total. The van der Waals surface area contributed by atoms with Crippen molar-refractivity contribution in [3.63, 3.8) is 0 Å². The Balaban J connectivity index is 1.96. The molecular formula is C16H14N2O. The van der Waals surface area contributed by atoms with E-state index in [0.717, 1.165) is 28.0 Å². The monoisotopic (exact) mass is 250 g/mol. The Labute approximate surface area is 112 Å². The predicted molar refractivity (Wildman–Crippen MR) is 76.5 cm³/mol. The summed E-state index contributed by atoms with van der Waals surface area (Å²) in [6.45, 7) is 2.64. The van der Waals surface area contributed by atoms with Gasteiger partial charge in [0.05, 0.1) is 12.3 Å². The molecule has 0 bridgehead atoms. The van der Waals surface area contributed by atoms with Crippen LogP contribution in [0.25, 0.3) is 5.57 Å². The summed E-state index contributed by atoms with van der Waals surface area (Å²) in [7, 11) is 0. The minimum Gasteiger partial charge on any atom is -0.507 e. The highest BCUT2D eigenvalue weighted by Crippen LogP contribution is 2.26. The van der Waals surface area contributed by atoms with E-state index in [9.17, 15) is 5.11 Å². The Hall–Kier alpha value is -2.42. The SMILES string of the molecule is Cc1ccc(O)c(C2=NCC(c3cccnc3)=C2)c1. The number of aromatic nitrogens is 1. The highest BCUT2D eigenvalue weighted by Gasteiger charge is 2.14. The smallest absolute Gasteiger partial charge is 0.124 e. The number of nitrogens with zero attached hydrogens (tertiary/aromatic N) is 2. The molecule has 0 spiro atoms. The molecule has 1 aromatic heterocycles. The van der Waals surface area contributed by atoms with Gasteiger partial charge in [-0.2, -0.15) is 0 Å². The number of hydrogen-bond donors (Lipinski definition) is 1. The zero-order chi connectivity index (χ0) is 13.2. The van der Waals surface area contributed by atoms with Gasteiger partial charge >= 0.3 is 0 Å². The fourth-order valence-corrected chi connectivity index (χ4v) is 2.17. The topological polar surface area (TPSA) is 45.5 Å². The Morgan fingerprint density at radius 3 is 2.89 bits per heavy atom. The highest BCUT2D eigenvalue weighted by atomic mass is 16.3. The number of aliphatic imine (C=N–C) groups is 1. The fourth-order valence-electron chi connectivity index (χ4n) is 2.17. The summed E-state index contributed by atoms with van der Waals surface area (Å²) in [5, 5.41) is 9.93. The van der Waals surface area contributed by atoms with E-state index in [1.165, 1.54) is 0 Å². The number of aromatic hydroxyl groups is 1. The zero-order valence-corrected chi connectivity index (χ0v) is 10.7. The van der Waals surface area contributed by atoms with Crippen LogP contribution in [0.2, 0.25) is 0 Å². The molecule has 0 amide bonds. The van der Waals surface area contributed by atoms with E-state index < -0.39 is 0 Å². The second kappa shape index (κ2) is 4.69. The van der Waals surface area contributed by atoms with Crippen LogP contribution in [0.5, 0.6) is 5.75 Å². The first kappa shape index (κ1) is 11.7. The van der Waals surface area contributed by atoms with Gasteiger partial charge in [0.25, 0.3) is 0 Å². The highest BCUT2D eigenvalue weighted by molar-refractivity contribution is 6.16. The Bertz CT molecular complexity index is 672. The van der Waals surface area contributed by atoms with Crippen LogP contribution in [0, 0.1) is 6.92 Å². The van der Waals surface area contributed by atoms with Crippen LogP contribution in [0.15, 0.2) is 53.8 Å². The molecule has 0 atom stereocenters. The summed E-state index contributed by atoms with van der Waals surface area (Å²) in [6.07, 6.45) is 5.61. The first-order valence-electron chi connectivity index (χ1n) is 6.19. The normalized spacial score (nSPS) is 14.2. The predicted octanol–water partition coefficient (Wildman–Crippen LogP) is 2.98. The van der Waals surface area contributed by atoms with Crippen molar-refractivity contribution in [2.75, 3.05) is 6.54 Å². The first-order valence-corrected chi connectivity index (χ1v) is 6.19. The van der Waals surface area contributed by atoms with Crippen molar-refractivity contribution in [1.82, 2.24) is 4.98 Å². The van der Waals surface area contributed by atoms with Gasteiger partial charge in [-0.25, -0.2) is 0 Å². The van der Waals surface area contributed by atoms with Crippen molar-refractivity contribution >= 4 is 11.3 Å². The van der Waals surface area contributed by atoms with Gasteiger partial charge in [-0.15, -0.1) is 0 Å². The van der Waals surface area contributed by atoms with E-state index in [1.54, 1.807) is 12.3 Å². The summed E-state index contributed by atoms with van der Waals surface area (Å²) >= 11 is 0.